The normalized spacial score (nSPS) is 11.5. The fraction of sp³-hybridized carbons (Fsp3) is 0.222. The molecule has 0 aliphatic rings. The maximum atomic E-state index is 10.7. The van der Waals surface area contributed by atoms with E-state index in [4.69, 9.17) is 0 Å². The first-order chi connectivity index (χ1) is 6.08. The average molecular weight is 198 g/mol. The van der Waals surface area contributed by atoms with Gasteiger partial charge >= 0.3 is 0 Å². The number of nitrogens with one attached hydrogen (secondary N) is 1. The minimum atomic E-state index is -3.10. The molecular formula is C9H12NO2S. The topological polar surface area (TPSA) is 46.2 Å². The van der Waals surface area contributed by atoms with Crippen molar-refractivity contribution in [3.8, 4) is 0 Å². The third-order valence-corrected chi connectivity index (χ3v) is 2.07. The van der Waals surface area contributed by atoms with Crippen LogP contribution in [0.4, 0.5) is 0 Å². The quantitative estimate of drug-likeness (QED) is 0.782. The van der Waals surface area contributed by atoms with E-state index in [1.165, 1.54) is 6.54 Å². The predicted octanol–water partition coefficient (Wildman–Crippen LogP) is 0.940. The molecule has 0 bridgehead atoms. The molecule has 0 aromatic heterocycles. The lowest BCUT2D eigenvalue weighted by molar-refractivity contribution is 0.593. The monoisotopic (exact) mass is 198 g/mol. The first-order valence-electron chi connectivity index (χ1n) is 3.91. The molecule has 0 fully saturated rings. The highest BCUT2D eigenvalue weighted by molar-refractivity contribution is 7.88. The highest BCUT2D eigenvalue weighted by Crippen LogP contribution is 2.00. The van der Waals surface area contributed by atoms with Gasteiger partial charge in [-0.15, -0.1) is 0 Å². The molecule has 0 atom stereocenters. The third-order valence-electron chi connectivity index (χ3n) is 1.48. The Kier molecular flexibility index (Phi) is 3.45. The van der Waals surface area contributed by atoms with Gasteiger partial charge in [-0.25, -0.2) is 13.1 Å². The fourth-order valence-corrected chi connectivity index (χ4v) is 1.31. The lowest BCUT2D eigenvalue weighted by atomic mass is 10.2. The van der Waals surface area contributed by atoms with Crippen LogP contribution in [0.5, 0.6) is 0 Å². The molecule has 0 aliphatic heterocycles. The van der Waals surface area contributed by atoms with Gasteiger partial charge in [0.05, 0.1) is 6.26 Å². The molecule has 1 aromatic rings. The Balaban J connectivity index is 2.37. The van der Waals surface area contributed by atoms with Gasteiger partial charge in [0.1, 0.15) is 0 Å². The van der Waals surface area contributed by atoms with E-state index in [2.05, 4.69) is 4.72 Å². The van der Waals surface area contributed by atoms with E-state index in [0.717, 1.165) is 11.8 Å². The number of sulfonamides is 1. The van der Waals surface area contributed by atoms with Gasteiger partial charge in [-0.1, -0.05) is 30.3 Å². The number of rotatable bonds is 4. The van der Waals surface area contributed by atoms with Crippen molar-refractivity contribution in [3.05, 3.63) is 42.4 Å². The van der Waals surface area contributed by atoms with Crippen molar-refractivity contribution in [1.82, 2.24) is 4.72 Å². The van der Waals surface area contributed by atoms with Crippen molar-refractivity contribution in [2.75, 3.05) is 6.26 Å². The molecular weight excluding hydrogens is 186 g/mol. The number of hydrogen-bond donors (Lipinski definition) is 1. The highest BCUT2D eigenvalue weighted by atomic mass is 32.2. The molecule has 0 saturated heterocycles. The minimum absolute atomic E-state index is 0.605. The fourth-order valence-electron chi connectivity index (χ4n) is 0.925. The summed E-state index contributed by atoms with van der Waals surface area (Å²) in [6, 6.07) is 9.65. The molecule has 1 N–H and O–H groups in total. The van der Waals surface area contributed by atoms with Gasteiger partial charge in [0, 0.05) is 6.54 Å². The average Bonchev–Trinajstić information content (AvgIpc) is 2.04. The Morgan fingerprint density at radius 2 is 1.92 bits per heavy atom. The van der Waals surface area contributed by atoms with Crippen molar-refractivity contribution in [3.63, 3.8) is 0 Å². The van der Waals surface area contributed by atoms with Gasteiger partial charge in [-0.2, -0.15) is 0 Å². The van der Waals surface area contributed by atoms with E-state index in [1.807, 2.05) is 30.3 Å². The lowest BCUT2D eigenvalue weighted by Gasteiger charge is -2.00. The molecule has 0 heterocycles. The molecule has 13 heavy (non-hydrogen) atoms. The van der Waals surface area contributed by atoms with Crippen LogP contribution in [0.2, 0.25) is 0 Å². The van der Waals surface area contributed by atoms with Crippen LogP contribution in [0.25, 0.3) is 0 Å². The molecule has 4 heteroatoms. The molecule has 1 radical (unpaired) electrons. The largest absolute Gasteiger partial charge is 0.213 e. The summed E-state index contributed by atoms with van der Waals surface area (Å²) in [5, 5.41) is 0. The van der Waals surface area contributed by atoms with Crippen LogP contribution in [-0.4, -0.2) is 14.7 Å². The molecule has 1 aromatic carbocycles. The molecule has 71 valence electrons. The molecule has 0 aliphatic carbocycles. The van der Waals surface area contributed by atoms with Crippen LogP contribution in [0.15, 0.2) is 30.3 Å². The second-order valence-corrected chi connectivity index (χ2v) is 4.56. The van der Waals surface area contributed by atoms with E-state index >= 15 is 0 Å². The van der Waals surface area contributed by atoms with Crippen LogP contribution in [0.3, 0.4) is 0 Å². The zero-order valence-electron chi connectivity index (χ0n) is 7.40. The zero-order chi connectivity index (χ0) is 9.73. The standard InChI is InChI=1S/C9H12NO2S/c1-13(11,12)10-8-7-9-5-3-2-4-6-9/h2-6,8,10H,7H2,1H3. The summed E-state index contributed by atoms with van der Waals surface area (Å²) in [6.45, 7) is 1.53. The molecule has 0 saturated carbocycles. The highest BCUT2D eigenvalue weighted by Gasteiger charge is 1.99. The summed E-state index contributed by atoms with van der Waals surface area (Å²) >= 11 is 0. The van der Waals surface area contributed by atoms with Crippen molar-refractivity contribution in [1.29, 1.82) is 0 Å². The summed E-state index contributed by atoms with van der Waals surface area (Å²) in [7, 11) is -3.10. The van der Waals surface area contributed by atoms with Crippen LogP contribution in [0.1, 0.15) is 5.56 Å². The summed E-state index contributed by atoms with van der Waals surface area (Å²) in [4.78, 5) is 0. The smallest absolute Gasteiger partial charge is 0.209 e. The van der Waals surface area contributed by atoms with Crippen LogP contribution >= 0.6 is 0 Å². The maximum Gasteiger partial charge on any atom is 0.209 e. The summed E-state index contributed by atoms with van der Waals surface area (Å²) in [5.41, 5.74) is 1.08. The SMILES string of the molecule is CS(=O)(=O)N[CH]Cc1ccccc1. The summed E-state index contributed by atoms with van der Waals surface area (Å²) in [6.07, 6.45) is 1.74. The molecule has 0 spiro atoms. The van der Waals surface area contributed by atoms with Crippen molar-refractivity contribution < 1.29 is 8.42 Å². The van der Waals surface area contributed by atoms with E-state index < -0.39 is 10.0 Å². The van der Waals surface area contributed by atoms with Crippen molar-refractivity contribution in [2.24, 2.45) is 0 Å². The molecule has 0 amide bonds. The Morgan fingerprint density at radius 3 is 2.46 bits per heavy atom. The van der Waals surface area contributed by atoms with E-state index in [-0.39, 0.29) is 0 Å². The maximum absolute atomic E-state index is 10.7. The van der Waals surface area contributed by atoms with Gasteiger partial charge in [0.15, 0.2) is 0 Å². The van der Waals surface area contributed by atoms with Crippen LogP contribution in [0, 0.1) is 6.54 Å². The van der Waals surface area contributed by atoms with E-state index in [9.17, 15) is 8.42 Å². The Labute approximate surface area is 78.8 Å². The summed E-state index contributed by atoms with van der Waals surface area (Å²) < 4.78 is 23.7. The first kappa shape index (κ1) is 10.2. The zero-order valence-corrected chi connectivity index (χ0v) is 8.21. The minimum Gasteiger partial charge on any atom is -0.213 e. The molecule has 1 rings (SSSR count). The second kappa shape index (κ2) is 4.39. The van der Waals surface area contributed by atoms with Crippen molar-refractivity contribution >= 4 is 10.0 Å². The van der Waals surface area contributed by atoms with E-state index in [1.54, 1.807) is 0 Å². The number of benzene rings is 1. The lowest BCUT2D eigenvalue weighted by Crippen LogP contribution is -2.19. The second-order valence-electron chi connectivity index (χ2n) is 2.78. The van der Waals surface area contributed by atoms with E-state index in [0.29, 0.717) is 6.42 Å². The number of hydrogen-bond acceptors (Lipinski definition) is 2. The Morgan fingerprint density at radius 1 is 1.31 bits per heavy atom. The van der Waals surface area contributed by atoms with Crippen molar-refractivity contribution in [2.45, 2.75) is 6.42 Å². The summed E-state index contributed by atoms with van der Waals surface area (Å²) in [5.74, 6) is 0. The third kappa shape index (κ3) is 4.65. The van der Waals surface area contributed by atoms with Gasteiger partial charge in [0.25, 0.3) is 0 Å². The predicted molar refractivity (Wildman–Crippen MR) is 52.4 cm³/mol. The van der Waals surface area contributed by atoms with Gasteiger partial charge in [-0.3, -0.25) is 0 Å². The Bertz CT molecular complexity index is 345. The van der Waals surface area contributed by atoms with Gasteiger partial charge in [-0.05, 0) is 12.0 Å². The first-order valence-corrected chi connectivity index (χ1v) is 5.80. The molecule has 0 unspecified atom stereocenters. The van der Waals surface area contributed by atoms with Gasteiger partial charge < -0.3 is 0 Å². The van der Waals surface area contributed by atoms with Gasteiger partial charge in [0.2, 0.25) is 10.0 Å². The Hall–Kier alpha value is -0.870. The van der Waals surface area contributed by atoms with Crippen LogP contribution in [-0.2, 0) is 16.4 Å². The van der Waals surface area contributed by atoms with Crippen LogP contribution < -0.4 is 4.72 Å². The molecule has 3 nitrogen and oxygen atoms in total.